The van der Waals surface area contributed by atoms with Crippen LogP contribution in [0.1, 0.15) is 22.8 Å². The van der Waals surface area contributed by atoms with Crippen LogP contribution in [0, 0.1) is 6.92 Å². The first-order valence-corrected chi connectivity index (χ1v) is 6.58. The summed E-state index contributed by atoms with van der Waals surface area (Å²) in [5.74, 6) is 0.139. The van der Waals surface area contributed by atoms with Gasteiger partial charge in [-0.2, -0.15) is 0 Å². The van der Waals surface area contributed by atoms with Crippen LogP contribution in [0.25, 0.3) is 0 Å². The van der Waals surface area contributed by atoms with Gasteiger partial charge in [0.25, 0.3) is 0 Å². The van der Waals surface area contributed by atoms with Gasteiger partial charge in [0.15, 0.2) is 0 Å². The molecule has 0 aliphatic heterocycles. The number of aromatic hydroxyl groups is 1. The molecule has 0 amide bonds. The highest BCUT2D eigenvalue weighted by Gasteiger charge is 2.14. The normalized spacial score (nSPS) is 12.4. The Balaban J connectivity index is 2.25. The van der Waals surface area contributed by atoms with Gasteiger partial charge >= 0.3 is 0 Å². The third-order valence-corrected chi connectivity index (χ3v) is 3.69. The lowest BCUT2D eigenvalue weighted by molar-refractivity contribution is 0.174. The number of hydrogen-bond acceptors (Lipinski definition) is 2. The quantitative estimate of drug-likeness (QED) is 0.907. The molecular formula is C15H15BrO2. The largest absolute Gasteiger partial charge is 0.508 e. The minimum atomic E-state index is -0.705. The predicted octanol–water partition coefficient (Wildman–Crippen LogP) is 3.74. The van der Waals surface area contributed by atoms with E-state index in [0.29, 0.717) is 12.0 Å². The van der Waals surface area contributed by atoms with Gasteiger partial charge < -0.3 is 10.2 Å². The number of phenolic OH excluding ortho intramolecular Hbond substituents is 1. The molecule has 2 N–H and O–H groups in total. The van der Waals surface area contributed by atoms with Crippen LogP contribution in [0.3, 0.4) is 0 Å². The molecule has 0 bridgehead atoms. The summed E-state index contributed by atoms with van der Waals surface area (Å²) in [6.45, 7) is 1.94. The van der Waals surface area contributed by atoms with E-state index in [2.05, 4.69) is 15.9 Å². The van der Waals surface area contributed by atoms with Crippen LogP contribution in [0.15, 0.2) is 46.9 Å². The zero-order valence-electron chi connectivity index (χ0n) is 10.1. The van der Waals surface area contributed by atoms with E-state index in [-0.39, 0.29) is 5.75 Å². The standard InChI is InChI=1S/C15H15BrO2/c1-10-6-7-14(17)12(8-10)15(18)9-11-4-2-3-5-13(11)16/h2-8,15,17-18H,9H2,1H3. The molecule has 2 rings (SSSR count). The number of hydrogen-bond donors (Lipinski definition) is 2. The highest BCUT2D eigenvalue weighted by molar-refractivity contribution is 9.10. The number of aryl methyl sites for hydroxylation is 1. The monoisotopic (exact) mass is 306 g/mol. The number of aliphatic hydroxyl groups excluding tert-OH is 1. The third kappa shape index (κ3) is 2.92. The van der Waals surface area contributed by atoms with Crippen LogP contribution < -0.4 is 0 Å². The Hall–Kier alpha value is -1.32. The van der Waals surface area contributed by atoms with Crippen molar-refractivity contribution in [2.75, 3.05) is 0 Å². The van der Waals surface area contributed by atoms with Gasteiger partial charge in [-0.1, -0.05) is 45.8 Å². The van der Waals surface area contributed by atoms with Crippen molar-refractivity contribution < 1.29 is 10.2 Å². The van der Waals surface area contributed by atoms with E-state index >= 15 is 0 Å². The van der Waals surface area contributed by atoms with Gasteiger partial charge in [0.2, 0.25) is 0 Å². The fourth-order valence-electron chi connectivity index (χ4n) is 1.92. The van der Waals surface area contributed by atoms with Crippen LogP contribution in [0.2, 0.25) is 0 Å². The lowest BCUT2D eigenvalue weighted by Crippen LogP contribution is -2.03. The summed E-state index contributed by atoms with van der Waals surface area (Å²) in [5, 5.41) is 20.0. The van der Waals surface area contributed by atoms with Gasteiger partial charge in [0.05, 0.1) is 6.10 Å². The second-order valence-electron chi connectivity index (χ2n) is 4.37. The molecular weight excluding hydrogens is 292 g/mol. The highest BCUT2D eigenvalue weighted by Crippen LogP contribution is 2.29. The van der Waals surface area contributed by atoms with E-state index in [1.807, 2.05) is 43.3 Å². The van der Waals surface area contributed by atoms with Crippen molar-refractivity contribution in [3.63, 3.8) is 0 Å². The van der Waals surface area contributed by atoms with Gasteiger partial charge in [-0.3, -0.25) is 0 Å². The maximum atomic E-state index is 10.2. The Kier molecular flexibility index (Phi) is 4.04. The molecule has 18 heavy (non-hydrogen) atoms. The van der Waals surface area contributed by atoms with Crippen molar-refractivity contribution in [3.05, 3.63) is 63.6 Å². The Bertz CT molecular complexity index is 552. The first kappa shape index (κ1) is 13.1. The van der Waals surface area contributed by atoms with Crippen LogP contribution >= 0.6 is 15.9 Å². The number of rotatable bonds is 3. The Morgan fingerprint density at radius 2 is 1.89 bits per heavy atom. The second-order valence-corrected chi connectivity index (χ2v) is 5.23. The highest BCUT2D eigenvalue weighted by atomic mass is 79.9. The second kappa shape index (κ2) is 5.55. The molecule has 1 atom stereocenters. The molecule has 3 heteroatoms. The first-order valence-electron chi connectivity index (χ1n) is 5.79. The van der Waals surface area contributed by atoms with Crippen molar-refractivity contribution in [1.82, 2.24) is 0 Å². The van der Waals surface area contributed by atoms with Gasteiger partial charge in [-0.25, -0.2) is 0 Å². The summed E-state index contributed by atoms with van der Waals surface area (Å²) in [6.07, 6.45) is -0.234. The molecule has 2 aromatic carbocycles. The van der Waals surface area contributed by atoms with E-state index in [1.54, 1.807) is 6.07 Å². The molecule has 2 nitrogen and oxygen atoms in total. The summed E-state index contributed by atoms with van der Waals surface area (Å²) < 4.78 is 0.969. The average Bonchev–Trinajstić information content (AvgIpc) is 2.35. The van der Waals surface area contributed by atoms with Gasteiger partial charge in [-0.15, -0.1) is 0 Å². The molecule has 0 saturated carbocycles. The Morgan fingerprint density at radius 3 is 2.61 bits per heavy atom. The smallest absolute Gasteiger partial charge is 0.121 e. The maximum absolute atomic E-state index is 10.2. The van der Waals surface area contributed by atoms with Gasteiger partial charge in [0.1, 0.15) is 5.75 Å². The van der Waals surface area contributed by atoms with E-state index in [9.17, 15) is 10.2 Å². The minimum absolute atomic E-state index is 0.139. The molecule has 0 aliphatic carbocycles. The number of aliphatic hydroxyl groups is 1. The number of phenols is 1. The van der Waals surface area contributed by atoms with Crippen molar-refractivity contribution >= 4 is 15.9 Å². The Labute approximate surface area is 115 Å². The van der Waals surface area contributed by atoms with E-state index in [1.165, 1.54) is 0 Å². The molecule has 0 aliphatic rings. The summed E-state index contributed by atoms with van der Waals surface area (Å²) in [7, 11) is 0. The Morgan fingerprint density at radius 1 is 1.17 bits per heavy atom. The average molecular weight is 307 g/mol. The van der Waals surface area contributed by atoms with E-state index in [4.69, 9.17) is 0 Å². The van der Waals surface area contributed by atoms with Gasteiger partial charge in [0, 0.05) is 16.5 Å². The molecule has 1 unspecified atom stereocenters. The molecule has 94 valence electrons. The summed E-state index contributed by atoms with van der Waals surface area (Å²) >= 11 is 3.46. The van der Waals surface area contributed by atoms with E-state index < -0.39 is 6.10 Å². The van der Waals surface area contributed by atoms with Crippen molar-refractivity contribution in [3.8, 4) is 5.75 Å². The fraction of sp³-hybridized carbons (Fsp3) is 0.200. The minimum Gasteiger partial charge on any atom is -0.508 e. The predicted molar refractivity (Wildman–Crippen MR) is 75.6 cm³/mol. The lowest BCUT2D eigenvalue weighted by atomic mass is 9.99. The lowest BCUT2D eigenvalue weighted by Gasteiger charge is -2.14. The fourth-order valence-corrected chi connectivity index (χ4v) is 2.37. The summed E-state index contributed by atoms with van der Waals surface area (Å²) in [6, 6.07) is 13.0. The molecule has 0 heterocycles. The maximum Gasteiger partial charge on any atom is 0.121 e. The van der Waals surface area contributed by atoms with Crippen LogP contribution in [-0.2, 0) is 6.42 Å². The molecule has 0 radical (unpaired) electrons. The molecule has 0 spiro atoms. The zero-order valence-corrected chi connectivity index (χ0v) is 11.7. The summed E-state index contributed by atoms with van der Waals surface area (Å²) in [4.78, 5) is 0. The van der Waals surface area contributed by atoms with Crippen molar-refractivity contribution in [2.45, 2.75) is 19.4 Å². The zero-order chi connectivity index (χ0) is 13.1. The molecule has 2 aromatic rings. The van der Waals surface area contributed by atoms with Gasteiger partial charge in [-0.05, 0) is 30.7 Å². The topological polar surface area (TPSA) is 40.5 Å². The van der Waals surface area contributed by atoms with Crippen LogP contribution in [-0.4, -0.2) is 10.2 Å². The van der Waals surface area contributed by atoms with Crippen molar-refractivity contribution in [1.29, 1.82) is 0 Å². The molecule has 0 aromatic heterocycles. The number of halogens is 1. The van der Waals surface area contributed by atoms with Crippen molar-refractivity contribution in [2.24, 2.45) is 0 Å². The van der Waals surface area contributed by atoms with Crippen LogP contribution in [0.5, 0.6) is 5.75 Å². The SMILES string of the molecule is Cc1ccc(O)c(C(O)Cc2ccccc2Br)c1. The number of benzene rings is 2. The third-order valence-electron chi connectivity index (χ3n) is 2.91. The molecule has 0 saturated heterocycles. The first-order chi connectivity index (χ1) is 8.58. The van der Waals surface area contributed by atoms with E-state index in [0.717, 1.165) is 15.6 Å². The van der Waals surface area contributed by atoms with Crippen LogP contribution in [0.4, 0.5) is 0 Å². The molecule has 0 fully saturated rings. The summed E-state index contributed by atoms with van der Waals surface area (Å²) in [5.41, 5.74) is 2.62.